The van der Waals surface area contributed by atoms with Gasteiger partial charge in [0.25, 0.3) is 5.56 Å². The van der Waals surface area contributed by atoms with Crippen molar-refractivity contribution < 1.29 is 4.74 Å². The van der Waals surface area contributed by atoms with Gasteiger partial charge in [0.2, 0.25) is 5.95 Å². The van der Waals surface area contributed by atoms with Crippen molar-refractivity contribution in [3.05, 3.63) is 58.5 Å². The summed E-state index contributed by atoms with van der Waals surface area (Å²) < 4.78 is 8.50. The first kappa shape index (κ1) is 16.8. The van der Waals surface area contributed by atoms with Crippen molar-refractivity contribution in [1.82, 2.24) is 19.3 Å². The fraction of sp³-hybridized carbons (Fsp3) is 0.278. The highest BCUT2D eigenvalue weighted by molar-refractivity contribution is 5.77. The number of aromatic nitrogens is 4. The first-order valence-electron chi connectivity index (χ1n) is 7.97. The van der Waals surface area contributed by atoms with Crippen LogP contribution in [0.5, 0.6) is 5.75 Å². The van der Waals surface area contributed by atoms with Gasteiger partial charge in [0.15, 0.2) is 5.52 Å². The summed E-state index contributed by atoms with van der Waals surface area (Å²) in [7, 11) is 3.38. The number of ether oxygens (including phenoxy) is 1. The third kappa shape index (κ3) is 3.00. The standard InChI is InChI=1S/C18H21N5O2/c1-5-10-23-17(24)16-15(12(2)21-22(16)3)20-18(23)19-11-13-8-6-7-9-14(13)25-4/h5-9H,1,10-11H2,2-4H3,(H,19,20). The molecule has 7 heteroatoms. The smallest absolute Gasteiger partial charge is 0.281 e. The summed E-state index contributed by atoms with van der Waals surface area (Å²) in [5.41, 5.74) is 2.65. The topological polar surface area (TPSA) is 74.0 Å². The molecule has 1 N–H and O–H groups in total. The van der Waals surface area contributed by atoms with E-state index in [2.05, 4.69) is 22.0 Å². The normalized spacial score (nSPS) is 10.8. The van der Waals surface area contributed by atoms with Gasteiger partial charge in [0, 0.05) is 25.7 Å². The van der Waals surface area contributed by atoms with Gasteiger partial charge in [0.1, 0.15) is 11.3 Å². The van der Waals surface area contributed by atoms with Crippen LogP contribution in [0.3, 0.4) is 0 Å². The Kier molecular flexibility index (Phi) is 4.56. The molecule has 0 aliphatic carbocycles. The van der Waals surface area contributed by atoms with Crippen LogP contribution in [0, 0.1) is 6.92 Å². The predicted octanol–water partition coefficient (Wildman–Crippen LogP) is 2.25. The van der Waals surface area contributed by atoms with Crippen LogP contribution in [-0.4, -0.2) is 26.4 Å². The van der Waals surface area contributed by atoms with Gasteiger partial charge in [-0.3, -0.25) is 14.0 Å². The summed E-state index contributed by atoms with van der Waals surface area (Å²) in [6.45, 7) is 6.42. The van der Waals surface area contributed by atoms with E-state index in [1.54, 1.807) is 29.5 Å². The van der Waals surface area contributed by atoms with E-state index in [4.69, 9.17) is 4.74 Å². The molecule has 2 aromatic heterocycles. The molecule has 0 saturated carbocycles. The van der Waals surface area contributed by atoms with Crippen molar-refractivity contribution in [2.75, 3.05) is 12.4 Å². The maximum atomic E-state index is 12.9. The van der Waals surface area contributed by atoms with E-state index >= 15 is 0 Å². The van der Waals surface area contributed by atoms with Gasteiger partial charge in [-0.05, 0) is 13.0 Å². The number of hydrogen-bond donors (Lipinski definition) is 1. The molecule has 0 atom stereocenters. The lowest BCUT2D eigenvalue weighted by Crippen LogP contribution is -2.26. The Labute approximate surface area is 145 Å². The average molecular weight is 339 g/mol. The number of nitrogens with zero attached hydrogens (tertiary/aromatic N) is 4. The Morgan fingerprint density at radius 2 is 2.12 bits per heavy atom. The number of anilines is 1. The van der Waals surface area contributed by atoms with Crippen LogP contribution >= 0.6 is 0 Å². The zero-order chi connectivity index (χ0) is 18.0. The highest BCUT2D eigenvalue weighted by atomic mass is 16.5. The van der Waals surface area contributed by atoms with Gasteiger partial charge >= 0.3 is 0 Å². The monoisotopic (exact) mass is 339 g/mol. The molecule has 0 bridgehead atoms. The third-order valence-corrected chi connectivity index (χ3v) is 4.05. The van der Waals surface area contributed by atoms with Crippen molar-refractivity contribution in [2.24, 2.45) is 7.05 Å². The van der Waals surface area contributed by atoms with Crippen LogP contribution in [-0.2, 0) is 20.1 Å². The Hall–Kier alpha value is -3.09. The fourth-order valence-electron chi connectivity index (χ4n) is 2.87. The Balaban J connectivity index is 2.05. The van der Waals surface area contributed by atoms with Gasteiger partial charge in [-0.1, -0.05) is 24.3 Å². The summed E-state index contributed by atoms with van der Waals surface area (Å²) in [5, 5.41) is 7.55. The number of methoxy groups -OCH3 is 1. The van der Waals surface area contributed by atoms with Crippen LogP contribution in [0.4, 0.5) is 5.95 Å². The second-order valence-corrected chi connectivity index (χ2v) is 5.71. The largest absolute Gasteiger partial charge is 0.496 e. The Morgan fingerprint density at radius 3 is 2.84 bits per heavy atom. The third-order valence-electron chi connectivity index (χ3n) is 4.05. The van der Waals surface area contributed by atoms with Crippen LogP contribution in [0.15, 0.2) is 41.7 Å². The van der Waals surface area contributed by atoms with Crippen LogP contribution in [0.25, 0.3) is 11.0 Å². The molecule has 1 aromatic carbocycles. The molecule has 2 heterocycles. The Morgan fingerprint density at radius 1 is 1.36 bits per heavy atom. The van der Waals surface area contributed by atoms with Gasteiger partial charge in [0.05, 0.1) is 12.8 Å². The summed E-state index contributed by atoms with van der Waals surface area (Å²) in [5.74, 6) is 1.27. The number of benzene rings is 1. The zero-order valence-electron chi connectivity index (χ0n) is 14.6. The van der Waals surface area contributed by atoms with Gasteiger partial charge in [-0.2, -0.15) is 5.10 Å². The van der Waals surface area contributed by atoms with Crippen LogP contribution in [0.2, 0.25) is 0 Å². The average Bonchev–Trinajstić information content (AvgIpc) is 2.90. The molecule has 0 saturated heterocycles. The van der Waals surface area contributed by atoms with Crippen molar-refractivity contribution in [2.45, 2.75) is 20.0 Å². The molecule has 0 unspecified atom stereocenters. The number of rotatable bonds is 6. The molecule has 3 rings (SSSR count). The minimum absolute atomic E-state index is 0.143. The van der Waals surface area contributed by atoms with Crippen LogP contribution < -0.4 is 15.6 Å². The quantitative estimate of drug-likeness (QED) is 0.697. The van der Waals surface area contributed by atoms with Crippen molar-refractivity contribution in [1.29, 1.82) is 0 Å². The van der Waals surface area contributed by atoms with Crippen molar-refractivity contribution in [3.8, 4) is 5.75 Å². The van der Waals surface area contributed by atoms with E-state index in [1.807, 2.05) is 31.2 Å². The van der Waals surface area contributed by atoms with E-state index in [9.17, 15) is 4.79 Å². The molecule has 0 aliphatic rings. The van der Waals surface area contributed by atoms with E-state index < -0.39 is 0 Å². The highest BCUT2D eigenvalue weighted by Gasteiger charge is 2.16. The van der Waals surface area contributed by atoms with Gasteiger partial charge in [-0.25, -0.2) is 4.98 Å². The summed E-state index contributed by atoms with van der Waals surface area (Å²) in [4.78, 5) is 17.5. The molecule has 0 spiro atoms. The first-order valence-corrected chi connectivity index (χ1v) is 7.97. The van der Waals surface area contributed by atoms with Crippen LogP contribution in [0.1, 0.15) is 11.3 Å². The fourth-order valence-corrected chi connectivity index (χ4v) is 2.87. The Bertz CT molecular complexity index is 987. The molecule has 0 amide bonds. The van der Waals surface area contributed by atoms with Crippen molar-refractivity contribution >= 4 is 17.0 Å². The SMILES string of the molecule is C=CCn1c(NCc2ccccc2OC)nc2c(C)nn(C)c2c1=O. The van der Waals surface area contributed by atoms with Gasteiger partial charge in [-0.15, -0.1) is 6.58 Å². The van der Waals surface area contributed by atoms with E-state index in [0.29, 0.717) is 30.1 Å². The second-order valence-electron chi connectivity index (χ2n) is 5.71. The summed E-state index contributed by atoms with van der Waals surface area (Å²) in [6.07, 6.45) is 1.67. The predicted molar refractivity (Wildman–Crippen MR) is 98.0 cm³/mol. The molecule has 0 aliphatic heterocycles. The molecule has 7 nitrogen and oxygen atoms in total. The highest BCUT2D eigenvalue weighted by Crippen LogP contribution is 2.19. The minimum atomic E-state index is -0.143. The molecular weight excluding hydrogens is 318 g/mol. The maximum absolute atomic E-state index is 12.9. The molecule has 3 aromatic rings. The van der Waals surface area contributed by atoms with Crippen molar-refractivity contribution in [3.63, 3.8) is 0 Å². The number of nitrogens with one attached hydrogen (secondary N) is 1. The molecule has 0 fully saturated rings. The van der Waals surface area contributed by atoms with Gasteiger partial charge < -0.3 is 10.1 Å². The molecule has 130 valence electrons. The van der Waals surface area contributed by atoms with E-state index in [-0.39, 0.29) is 5.56 Å². The number of para-hydroxylation sites is 1. The minimum Gasteiger partial charge on any atom is -0.496 e. The summed E-state index contributed by atoms with van der Waals surface area (Å²) in [6, 6.07) is 7.73. The first-order chi connectivity index (χ1) is 12.1. The van der Waals surface area contributed by atoms with E-state index in [0.717, 1.165) is 17.0 Å². The van der Waals surface area contributed by atoms with E-state index in [1.165, 1.54) is 0 Å². The molecule has 25 heavy (non-hydrogen) atoms. The lowest BCUT2D eigenvalue weighted by atomic mass is 10.2. The lowest BCUT2D eigenvalue weighted by molar-refractivity contribution is 0.410. The second kappa shape index (κ2) is 6.80. The zero-order valence-corrected chi connectivity index (χ0v) is 14.6. The summed E-state index contributed by atoms with van der Waals surface area (Å²) >= 11 is 0. The molecular formula is C18H21N5O2. The number of fused-ring (bicyclic) bond motifs is 1. The number of aryl methyl sites for hydroxylation is 2. The number of hydrogen-bond acceptors (Lipinski definition) is 5. The number of allylic oxidation sites excluding steroid dienone is 1. The maximum Gasteiger partial charge on any atom is 0.281 e. The molecule has 0 radical (unpaired) electrons. The lowest BCUT2D eigenvalue weighted by Gasteiger charge is -2.14.